The van der Waals surface area contributed by atoms with Gasteiger partial charge in [0.15, 0.2) is 11.6 Å². The Balaban J connectivity index is 1.63. The number of fused-ring (bicyclic) bond motifs is 3. The lowest BCUT2D eigenvalue weighted by molar-refractivity contribution is -0.143. The largest absolute Gasteiger partial charge is 0.481 e. The maximum atomic E-state index is 13.9. The Morgan fingerprint density at radius 2 is 1.95 bits per heavy atom. The van der Waals surface area contributed by atoms with Crippen LogP contribution >= 0.6 is 0 Å². The second-order valence-corrected chi connectivity index (χ2v) is 10.7. The van der Waals surface area contributed by atoms with Crippen LogP contribution in [0.5, 0.6) is 0 Å². The van der Waals surface area contributed by atoms with Gasteiger partial charge < -0.3 is 14.4 Å². The van der Waals surface area contributed by atoms with E-state index in [-0.39, 0.29) is 18.0 Å². The van der Waals surface area contributed by atoms with Crippen molar-refractivity contribution in [2.75, 3.05) is 12.0 Å². The summed E-state index contributed by atoms with van der Waals surface area (Å²) in [6.45, 7) is 4.00. The molecule has 7 nitrogen and oxygen atoms in total. The molecule has 1 amide bonds. The third kappa shape index (κ3) is 4.63. The fraction of sp³-hybridized carbons (Fsp3) is 0.483. The molecule has 0 bridgehead atoms. The van der Waals surface area contributed by atoms with Gasteiger partial charge in [-0.05, 0) is 75.3 Å². The van der Waals surface area contributed by atoms with Crippen molar-refractivity contribution >= 4 is 28.8 Å². The number of aromatic nitrogens is 2. The summed E-state index contributed by atoms with van der Waals surface area (Å²) in [5.74, 6) is -2.33. The third-order valence-corrected chi connectivity index (χ3v) is 8.18. The topological polar surface area (TPSA) is 84.7 Å². The number of carbonyl (C=O) groups is 2. The average molecular weight is 526 g/mol. The van der Waals surface area contributed by atoms with Crippen LogP contribution in [0.15, 0.2) is 30.3 Å². The molecule has 0 spiro atoms. The minimum atomic E-state index is -0.883. The van der Waals surface area contributed by atoms with Crippen LogP contribution in [0.4, 0.5) is 19.3 Å². The van der Waals surface area contributed by atoms with E-state index in [0.717, 1.165) is 59.9 Å². The van der Waals surface area contributed by atoms with Gasteiger partial charge in [0.1, 0.15) is 5.82 Å². The fourth-order valence-electron chi connectivity index (χ4n) is 6.26. The number of methoxy groups -OCH3 is 1. The van der Waals surface area contributed by atoms with E-state index < -0.39 is 29.6 Å². The van der Waals surface area contributed by atoms with Gasteiger partial charge in [-0.25, -0.2) is 18.6 Å². The number of amides is 1. The van der Waals surface area contributed by atoms with Crippen LogP contribution in [0.1, 0.15) is 74.9 Å². The quantitative estimate of drug-likeness (QED) is 0.418. The van der Waals surface area contributed by atoms with E-state index in [1.165, 1.54) is 13.2 Å². The molecule has 4 atom stereocenters. The predicted octanol–water partition coefficient (Wildman–Crippen LogP) is 6.38. The first-order chi connectivity index (χ1) is 18.2. The number of nitrogens with zero attached hydrogens (tertiary/aromatic N) is 3. The van der Waals surface area contributed by atoms with Crippen molar-refractivity contribution in [3.63, 3.8) is 0 Å². The number of carboxylic acids is 1. The van der Waals surface area contributed by atoms with Gasteiger partial charge in [0.25, 0.3) is 0 Å². The molecule has 202 valence electrons. The van der Waals surface area contributed by atoms with Crippen LogP contribution < -0.4 is 4.90 Å². The molecule has 1 aliphatic carbocycles. The normalized spacial score (nSPS) is 22.2. The summed E-state index contributed by atoms with van der Waals surface area (Å²) in [4.78, 5) is 31.3. The van der Waals surface area contributed by atoms with Gasteiger partial charge in [-0.15, -0.1) is 0 Å². The smallest absolute Gasteiger partial charge is 0.414 e. The average Bonchev–Trinajstić information content (AvgIpc) is 3.30. The molecule has 3 aromatic rings. The van der Waals surface area contributed by atoms with E-state index in [1.807, 2.05) is 26.0 Å². The number of benzene rings is 2. The fourth-order valence-corrected chi connectivity index (χ4v) is 6.26. The molecule has 9 heteroatoms. The molecule has 1 aromatic heterocycles. The summed E-state index contributed by atoms with van der Waals surface area (Å²) in [7, 11) is 1.37. The standard InChI is InChI=1S/C29H33F2N3O4/c1-16(13-18-8-10-22(30)23(31)14-18)27-32-26-21-9-7-17(2)33(29(37)38-3)24(21)11-12-25(26)34(27)20-6-4-5-19(15-20)28(35)36/h8,10-12,14,16-17,19-20H,4-7,9,13,15H2,1-3H3,(H,35,36)/t16?,17-,19?,20?/m0/s1. The summed E-state index contributed by atoms with van der Waals surface area (Å²) in [5, 5.41) is 9.74. The van der Waals surface area contributed by atoms with Gasteiger partial charge in [0, 0.05) is 23.6 Å². The molecule has 1 fully saturated rings. The van der Waals surface area contributed by atoms with E-state index in [0.29, 0.717) is 24.8 Å². The number of hydrogen-bond donors (Lipinski definition) is 1. The molecular weight excluding hydrogens is 492 g/mol. The van der Waals surface area contributed by atoms with Crippen LogP contribution in [0.25, 0.3) is 11.0 Å². The summed E-state index contributed by atoms with van der Waals surface area (Å²) in [6.07, 6.45) is 4.34. The number of aliphatic carboxylic acids is 1. The molecule has 3 unspecified atom stereocenters. The Labute approximate surface area is 220 Å². The number of anilines is 1. The lowest BCUT2D eigenvalue weighted by Gasteiger charge is -2.34. The van der Waals surface area contributed by atoms with Gasteiger partial charge in [0.2, 0.25) is 0 Å². The van der Waals surface area contributed by atoms with E-state index in [4.69, 9.17) is 9.72 Å². The SMILES string of the molecule is COC(=O)N1c2ccc3c(nc(C(C)Cc4ccc(F)c(F)c4)n3C3CCCC(C(=O)O)C3)c2CC[C@@H]1C. The maximum Gasteiger partial charge on any atom is 0.414 e. The van der Waals surface area contributed by atoms with Gasteiger partial charge >= 0.3 is 12.1 Å². The van der Waals surface area contributed by atoms with Crippen molar-refractivity contribution in [3.8, 4) is 0 Å². The third-order valence-electron chi connectivity index (χ3n) is 8.18. The Morgan fingerprint density at radius 1 is 1.16 bits per heavy atom. The highest BCUT2D eigenvalue weighted by molar-refractivity contribution is 5.95. The molecule has 1 N–H and O–H groups in total. The monoisotopic (exact) mass is 525 g/mol. The Kier molecular flexibility index (Phi) is 7.11. The lowest BCUT2D eigenvalue weighted by Crippen LogP contribution is -2.42. The number of hydrogen-bond acceptors (Lipinski definition) is 4. The molecule has 1 aliphatic heterocycles. The molecule has 2 aromatic carbocycles. The van der Waals surface area contributed by atoms with Crippen LogP contribution in [0.2, 0.25) is 0 Å². The zero-order chi connectivity index (χ0) is 27.1. The van der Waals surface area contributed by atoms with Gasteiger partial charge in [0.05, 0.1) is 29.7 Å². The maximum absolute atomic E-state index is 13.9. The zero-order valence-electron chi connectivity index (χ0n) is 21.9. The number of imidazole rings is 1. The van der Waals surface area contributed by atoms with Crippen LogP contribution in [-0.4, -0.2) is 39.9 Å². The van der Waals surface area contributed by atoms with E-state index >= 15 is 0 Å². The number of aryl methyl sites for hydroxylation is 1. The number of carboxylic acid groups (broad SMARTS) is 1. The van der Waals surface area contributed by atoms with Gasteiger partial charge in [-0.1, -0.05) is 19.4 Å². The predicted molar refractivity (Wildman–Crippen MR) is 140 cm³/mol. The number of rotatable bonds is 5. The first-order valence-electron chi connectivity index (χ1n) is 13.3. The summed E-state index contributed by atoms with van der Waals surface area (Å²) >= 11 is 0. The highest BCUT2D eigenvalue weighted by Gasteiger charge is 2.35. The van der Waals surface area contributed by atoms with Crippen molar-refractivity contribution in [2.24, 2.45) is 5.92 Å². The number of ether oxygens (including phenoxy) is 1. The minimum Gasteiger partial charge on any atom is -0.481 e. The van der Waals surface area contributed by atoms with Crippen LogP contribution in [-0.2, 0) is 22.4 Å². The van der Waals surface area contributed by atoms with E-state index in [2.05, 4.69) is 4.57 Å². The van der Waals surface area contributed by atoms with Crippen molar-refractivity contribution in [3.05, 3.63) is 58.9 Å². The summed E-state index contributed by atoms with van der Waals surface area (Å²) < 4.78 is 34.7. The number of halogens is 2. The second-order valence-electron chi connectivity index (χ2n) is 10.7. The minimum absolute atomic E-state index is 0.0177. The number of carbonyl (C=O) groups excluding carboxylic acids is 1. The molecule has 2 heterocycles. The van der Waals surface area contributed by atoms with E-state index in [9.17, 15) is 23.5 Å². The molecule has 5 rings (SSSR count). The highest BCUT2D eigenvalue weighted by Crippen LogP contribution is 2.42. The molecule has 1 saturated carbocycles. The summed E-state index contributed by atoms with van der Waals surface area (Å²) in [6, 6.07) is 7.78. The van der Waals surface area contributed by atoms with Crippen molar-refractivity contribution < 1.29 is 28.2 Å². The Bertz CT molecular complexity index is 1390. The molecule has 0 radical (unpaired) electrons. The lowest BCUT2D eigenvalue weighted by atomic mass is 9.85. The van der Waals surface area contributed by atoms with Crippen molar-refractivity contribution in [1.29, 1.82) is 0 Å². The Morgan fingerprint density at radius 3 is 2.66 bits per heavy atom. The highest BCUT2D eigenvalue weighted by atomic mass is 19.2. The second kappa shape index (κ2) is 10.3. The molecule has 2 aliphatic rings. The van der Waals surface area contributed by atoms with Crippen molar-refractivity contribution in [2.45, 2.75) is 76.8 Å². The molecule has 0 saturated heterocycles. The first-order valence-corrected chi connectivity index (χ1v) is 13.3. The molecule has 38 heavy (non-hydrogen) atoms. The van der Waals surface area contributed by atoms with Gasteiger partial charge in [-0.3, -0.25) is 9.69 Å². The van der Waals surface area contributed by atoms with Crippen LogP contribution in [0, 0.1) is 17.6 Å². The van der Waals surface area contributed by atoms with Crippen LogP contribution in [0.3, 0.4) is 0 Å². The van der Waals surface area contributed by atoms with Crippen molar-refractivity contribution in [1.82, 2.24) is 9.55 Å². The van der Waals surface area contributed by atoms with Gasteiger partial charge in [-0.2, -0.15) is 0 Å². The zero-order valence-corrected chi connectivity index (χ0v) is 21.9. The summed E-state index contributed by atoms with van der Waals surface area (Å²) in [5.41, 5.74) is 4.12. The first kappa shape index (κ1) is 26.1. The molecular formula is C29H33F2N3O4. The van der Waals surface area contributed by atoms with E-state index in [1.54, 1.807) is 11.0 Å². The Hall–Kier alpha value is -3.49.